The van der Waals surface area contributed by atoms with Crippen molar-refractivity contribution in [2.24, 2.45) is 0 Å². The molecule has 1 aliphatic heterocycles. The summed E-state index contributed by atoms with van der Waals surface area (Å²) in [6, 6.07) is 10.2. The van der Waals surface area contributed by atoms with E-state index in [0.717, 1.165) is 61.7 Å². The average Bonchev–Trinajstić information content (AvgIpc) is 3.27. The Balaban J connectivity index is 1.55. The maximum atomic E-state index is 13.6. The lowest BCUT2D eigenvalue weighted by atomic mass is 10.1. The van der Waals surface area contributed by atoms with Gasteiger partial charge in [0.25, 0.3) is 5.56 Å². The number of thiophene rings is 1. The quantitative estimate of drug-likeness (QED) is 0.612. The number of nitrogens with zero attached hydrogens (tertiary/aromatic N) is 2. The summed E-state index contributed by atoms with van der Waals surface area (Å²) in [5.41, 5.74) is 2.47. The summed E-state index contributed by atoms with van der Waals surface area (Å²) in [6.07, 6.45) is 6.76. The third-order valence-corrected chi connectivity index (χ3v) is 8.43. The molecule has 1 aromatic carbocycles. The van der Waals surface area contributed by atoms with E-state index in [9.17, 15) is 9.59 Å². The van der Waals surface area contributed by atoms with Crippen LogP contribution >= 0.6 is 23.1 Å². The first-order chi connectivity index (χ1) is 14.7. The number of benzene rings is 1. The maximum absolute atomic E-state index is 13.6. The molecule has 0 spiro atoms. The van der Waals surface area contributed by atoms with Gasteiger partial charge in [-0.25, -0.2) is 4.98 Å². The molecule has 1 unspecified atom stereocenters. The summed E-state index contributed by atoms with van der Waals surface area (Å²) >= 11 is 3.13. The zero-order chi connectivity index (χ0) is 20.5. The van der Waals surface area contributed by atoms with Crippen molar-refractivity contribution in [1.82, 2.24) is 14.9 Å². The van der Waals surface area contributed by atoms with Gasteiger partial charge in [-0.15, -0.1) is 11.3 Å². The number of amides is 1. The molecule has 3 aromatic rings. The number of carbonyl (C=O) groups excluding carboxylic acids is 1. The van der Waals surface area contributed by atoms with Crippen molar-refractivity contribution in [3.05, 3.63) is 56.7 Å². The number of nitrogens with one attached hydrogen (secondary N) is 1. The normalized spacial score (nSPS) is 18.9. The molecule has 0 saturated carbocycles. The molecule has 3 heterocycles. The van der Waals surface area contributed by atoms with Crippen LogP contribution in [-0.2, 0) is 30.6 Å². The van der Waals surface area contributed by atoms with Gasteiger partial charge in [-0.2, -0.15) is 0 Å². The molecule has 156 valence electrons. The highest BCUT2D eigenvalue weighted by molar-refractivity contribution is 8.00. The van der Waals surface area contributed by atoms with Gasteiger partial charge in [0.05, 0.1) is 10.6 Å². The van der Waals surface area contributed by atoms with Gasteiger partial charge in [-0.05, 0) is 49.7 Å². The Labute approximate surface area is 183 Å². The third-order valence-electron chi connectivity index (χ3n) is 5.99. The van der Waals surface area contributed by atoms with Gasteiger partial charge in [0.15, 0.2) is 5.16 Å². The van der Waals surface area contributed by atoms with Gasteiger partial charge in [-0.1, -0.05) is 48.5 Å². The molecule has 0 radical (unpaired) electrons. The largest absolute Gasteiger partial charge is 0.355 e. The highest BCUT2D eigenvalue weighted by atomic mass is 32.2. The zero-order valence-electron chi connectivity index (χ0n) is 16.9. The lowest BCUT2D eigenvalue weighted by molar-refractivity contribution is -0.120. The molecular weight excluding hydrogens is 414 g/mol. The van der Waals surface area contributed by atoms with Crippen LogP contribution in [0.2, 0.25) is 0 Å². The minimum Gasteiger partial charge on any atom is -0.355 e. The van der Waals surface area contributed by atoms with E-state index in [-0.39, 0.29) is 16.7 Å². The summed E-state index contributed by atoms with van der Waals surface area (Å²) in [6.45, 7) is 1.31. The van der Waals surface area contributed by atoms with Crippen LogP contribution in [0.3, 0.4) is 0 Å². The highest BCUT2D eigenvalue weighted by Gasteiger charge is 2.27. The number of fused-ring (bicyclic) bond motifs is 3. The predicted octanol–water partition coefficient (Wildman–Crippen LogP) is 3.95. The van der Waals surface area contributed by atoms with Crippen molar-refractivity contribution in [2.45, 2.75) is 61.9 Å². The Kier molecular flexibility index (Phi) is 5.65. The Morgan fingerprint density at radius 3 is 2.87 bits per heavy atom. The van der Waals surface area contributed by atoms with Gasteiger partial charge in [-0.3, -0.25) is 14.2 Å². The lowest BCUT2D eigenvalue weighted by Gasteiger charge is -2.17. The Morgan fingerprint density at radius 1 is 1.13 bits per heavy atom. The van der Waals surface area contributed by atoms with E-state index < -0.39 is 0 Å². The standard InChI is InChI=1S/C23H25N3O2S2/c27-20-18(10-4-5-13-24-20)30-23-25-21-19(16-9-6-11-17(16)29-21)22(28)26(23)14-12-15-7-2-1-3-8-15/h1-3,7-8,18H,4-6,9-14H2,(H,24,27). The van der Waals surface area contributed by atoms with E-state index in [1.807, 2.05) is 22.8 Å². The van der Waals surface area contributed by atoms with Crippen LogP contribution in [0.4, 0.5) is 0 Å². The average molecular weight is 440 g/mol. The van der Waals surface area contributed by atoms with Crippen LogP contribution in [0.5, 0.6) is 0 Å². The number of rotatable bonds is 5. The molecule has 7 heteroatoms. The van der Waals surface area contributed by atoms with Gasteiger partial charge in [0.2, 0.25) is 5.91 Å². The molecule has 1 atom stereocenters. The summed E-state index contributed by atoms with van der Waals surface area (Å²) in [5, 5.41) is 4.32. The second-order valence-electron chi connectivity index (χ2n) is 8.02. The molecule has 30 heavy (non-hydrogen) atoms. The summed E-state index contributed by atoms with van der Waals surface area (Å²) in [7, 11) is 0. The Morgan fingerprint density at radius 2 is 2.00 bits per heavy atom. The van der Waals surface area contributed by atoms with Gasteiger partial charge >= 0.3 is 0 Å². The molecule has 2 aromatic heterocycles. The molecule has 1 N–H and O–H groups in total. The maximum Gasteiger partial charge on any atom is 0.263 e. The van der Waals surface area contributed by atoms with Crippen LogP contribution in [0.15, 0.2) is 40.3 Å². The van der Waals surface area contributed by atoms with Crippen LogP contribution in [0.1, 0.15) is 41.7 Å². The van der Waals surface area contributed by atoms with E-state index in [2.05, 4.69) is 17.4 Å². The number of aromatic nitrogens is 2. The van der Waals surface area contributed by atoms with Crippen molar-refractivity contribution in [3.8, 4) is 0 Å². The summed E-state index contributed by atoms with van der Waals surface area (Å²) in [5.74, 6) is 0.0649. The van der Waals surface area contributed by atoms with Crippen molar-refractivity contribution >= 4 is 39.2 Å². The first-order valence-corrected chi connectivity index (χ1v) is 12.4. The van der Waals surface area contributed by atoms with Crippen LogP contribution in [-0.4, -0.2) is 27.3 Å². The van der Waals surface area contributed by atoms with Crippen molar-refractivity contribution in [3.63, 3.8) is 0 Å². The van der Waals surface area contributed by atoms with Gasteiger partial charge < -0.3 is 5.32 Å². The molecule has 1 aliphatic carbocycles. The molecule has 1 saturated heterocycles. The fraction of sp³-hybridized carbons (Fsp3) is 0.435. The second kappa shape index (κ2) is 8.55. The first-order valence-electron chi connectivity index (χ1n) is 10.7. The molecule has 2 aliphatic rings. The van der Waals surface area contributed by atoms with Crippen LogP contribution in [0, 0.1) is 0 Å². The van der Waals surface area contributed by atoms with E-state index >= 15 is 0 Å². The summed E-state index contributed by atoms with van der Waals surface area (Å²) in [4.78, 5) is 33.2. The number of hydrogen-bond acceptors (Lipinski definition) is 5. The van der Waals surface area contributed by atoms with E-state index in [0.29, 0.717) is 11.7 Å². The summed E-state index contributed by atoms with van der Waals surface area (Å²) < 4.78 is 1.82. The monoisotopic (exact) mass is 439 g/mol. The minimum absolute atomic E-state index is 0.0619. The molecule has 1 amide bonds. The first kappa shape index (κ1) is 19.8. The smallest absolute Gasteiger partial charge is 0.263 e. The molecular formula is C23H25N3O2S2. The molecule has 5 rings (SSSR count). The highest BCUT2D eigenvalue weighted by Crippen LogP contribution is 2.36. The zero-order valence-corrected chi connectivity index (χ0v) is 18.5. The number of hydrogen-bond donors (Lipinski definition) is 1. The van der Waals surface area contributed by atoms with Crippen molar-refractivity contribution < 1.29 is 4.79 Å². The van der Waals surface area contributed by atoms with Crippen LogP contribution in [0.25, 0.3) is 10.2 Å². The fourth-order valence-electron chi connectivity index (χ4n) is 4.38. The van der Waals surface area contributed by atoms with Gasteiger partial charge in [0.1, 0.15) is 4.83 Å². The minimum atomic E-state index is -0.188. The van der Waals surface area contributed by atoms with E-state index in [1.165, 1.54) is 27.8 Å². The number of carbonyl (C=O) groups is 1. The fourth-order valence-corrected chi connectivity index (χ4v) is 6.87. The number of aryl methyl sites for hydroxylation is 3. The molecule has 5 nitrogen and oxygen atoms in total. The Bertz CT molecular complexity index is 1140. The van der Waals surface area contributed by atoms with Crippen molar-refractivity contribution in [1.29, 1.82) is 0 Å². The van der Waals surface area contributed by atoms with Gasteiger partial charge in [0, 0.05) is 18.0 Å². The predicted molar refractivity (Wildman–Crippen MR) is 123 cm³/mol. The molecule has 1 fully saturated rings. The number of thioether (sulfide) groups is 1. The topological polar surface area (TPSA) is 64.0 Å². The third kappa shape index (κ3) is 3.81. The lowest BCUT2D eigenvalue weighted by Crippen LogP contribution is -2.32. The SMILES string of the molecule is O=C1NCCCCC1Sc1nc2sc3c(c2c(=O)n1CCc1ccccc1)CCC3. The second-order valence-corrected chi connectivity index (χ2v) is 10.3. The van der Waals surface area contributed by atoms with E-state index in [1.54, 1.807) is 11.3 Å². The van der Waals surface area contributed by atoms with E-state index in [4.69, 9.17) is 4.98 Å². The molecule has 0 bridgehead atoms. The van der Waals surface area contributed by atoms with Crippen LogP contribution < -0.4 is 10.9 Å². The Hall–Kier alpha value is -2.12. The van der Waals surface area contributed by atoms with Crippen molar-refractivity contribution in [2.75, 3.05) is 6.54 Å².